The van der Waals surface area contributed by atoms with Gasteiger partial charge in [0.15, 0.2) is 5.41 Å². The molecule has 0 N–H and O–H groups in total. The summed E-state index contributed by atoms with van der Waals surface area (Å²) in [5.41, 5.74) is -0.804. The van der Waals surface area contributed by atoms with Crippen LogP contribution in [-0.2, 0) is 24.5 Å². The number of hydrogen-bond acceptors (Lipinski definition) is 4. The van der Waals surface area contributed by atoms with E-state index in [1.54, 1.807) is 24.3 Å². The summed E-state index contributed by atoms with van der Waals surface area (Å²) in [4.78, 5) is 24.0. The van der Waals surface area contributed by atoms with Crippen LogP contribution in [-0.4, -0.2) is 17.7 Å². The van der Waals surface area contributed by atoms with Crippen molar-refractivity contribution in [3.63, 3.8) is 0 Å². The largest absolute Gasteiger partial charge is 0.422 e. The summed E-state index contributed by atoms with van der Waals surface area (Å²) >= 11 is 0. The van der Waals surface area contributed by atoms with Crippen LogP contribution in [0.4, 0.5) is 0 Å². The topological polar surface area (TPSA) is 52.6 Å². The van der Waals surface area contributed by atoms with Crippen LogP contribution in [0.1, 0.15) is 26.3 Å². The smallest absolute Gasteiger partial charge is 0.331 e. The van der Waals surface area contributed by atoms with Crippen molar-refractivity contribution in [1.29, 1.82) is 0 Å². The Morgan fingerprint density at radius 2 is 1.35 bits per heavy atom. The highest BCUT2D eigenvalue weighted by atomic mass is 16.7. The Labute approximate surface area is 99.5 Å². The molecule has 1 aliphatic rings. The maximum absolute atomic E-state index is 12.0. The molecular weight excluding hydrogens is 220 g/mol. The number of hydrogen-bond donors (Lipinski definition) is 0. The van der Waals surface area contributed by atoms with E-state index in [9.17, 15) is 9.59 Å². The number of carbonyl (C=O) groups excluding carboxylic acids is 2. The monoisotopic (exact) mass is 234 g/mol. The summed E-state index contributed by atoms with van der Waals surface area (Å²) < 4.78 is 10.3. The van der Waals surface area contributed by atoms with Gasteiger partial charge >= 0.3 is 11.9 Å². The predicted octanol–water partition coefficient (Wildman–Crippen LogP) is 1.78. The van der Waals surface area contributed by atoms with E-state index in [0.29, 0.717) is 5.56 Å². The molecule has 0 bridgehead atoms. The van der Waals surface area contributed by atoms with Crippen molar-refractivity contribution in [2.24, 2.45) is 0 Å². The molecule has 0 aromatic heterocycles. The SMILES string of the molecule is CC1(C)OC(=O)C(C)(c2ccccc2)C(=O)O1. The lowest BCUT2D eigenvalue weighted by molar-refractivity contribution is -0.242. The number of benzene rings is 1. The molecule has 0 aliphatic carbocycles. The third kappa shape index (κ3) is 1.79. The van der Waals surface area contributed by atoms with Gasteiger partial charge in [-0.3, -0.25) is 9.59 Å². The third-order valence-corrected chi connectivity index (χ3v) is 2.84. The van der Waals surface area contributed by atoms with Gasteiger partial charge < -0.3 is 9.47 Å². The maximum atomic E-state index is 12.0. The molecule has 4 heteroatoms. The Kier molecular flexibility index (Phi) is 2.45. The molecule has 0 spiro atoms. The molecule has 0 atom stereocenters. The highest BCUT2D eigenvalue weighted by Crippen LogP contribution is 2.34. The molecule has 0 unspecified atom stereocenters. The van der Waals surface area contributed by atoms with Crippen LogP contribution in [0.2, 0.25) is 0 Å². The summed E-state index contributed by atoms with van der Waals surface area (Å²) in [6.07, 6.45) is 0. The highest BCUT2D eigenvalue weighted by Gasteiger charge is 2.53. The van der Waals surface area contributed by atoms with Gasteiger partial charge in [-0.15, -0.1) is 0 Å². The zero-order chi connectivity index (χ0) is 12.7. The quantitative estimate of drug-likeness (QED) is 0.549. The average molecular weight is 234 g/mol. The molecule has 0 amide bonds. The lowest BCUT2D eigenvalue weighted by atomic mass is 9.81. The second-order valence-electron chi connectivity index (χ2n) is 4.67. The number of esters is 2. The van der Waals surface area contributed by atoms with E-state index in [1.807, 2.05) is 6.07 Å². The number of rotatable bonds is 1. The fourth-order valence-electron chi connectivity index (χ4n) is 1.76. The fourth-order valence-corrected chi connectivity index (χ4v) is 1.76. The molecule has 1 fully saturated rings. The Hall–Kier alpha value is -1.84. The van der Waals surface area contributed by atoms with E-state index >= 15 is 0 Å². The highest BCUT2D eigenvalue weighted by molar-refractivity contribution is 6.07. The van der Waals surface area contributed by atoms with Gasteiger partial charge in [-0.25, -0.2) is 0 Å². The molecule has 1 aromatic rings. The lowest BCUT2D eigenvalue weighted by Crippen LogP contribution is -2.54. The van der Waals surface area contributed by atoms with Crippen molar-refractivity contribution in [3.8, 4) is 0 Å². The lowest BCUT2D eigenvalue weighted by Gasteiger charge is -2.38. The first-order valence-electron chi connectivity index (χ1n) is 5.39. The first kappa shape index (κ1) is 11.6. The van der Waals surface area contributed by atoms with E-state index in [0.717, 1.165) is 0 Å². The van der Waals surface area contributed by atoms with Gasteiger partial charge in [-0.05, 0) is 12.5 Å². The maximum Gasteiger partial charge on any atom is 0.331 e. The Balaban J connectivity index is 2.45. The normalized spacial score (nSPS) is 21.6. The van der Waals surface area contributed by atoms with Gasteiger partial charge in [-0.2, -0.15) is 0 Å². The van der Waals surface area contributed by atoms with Crippen molar-refractivity contribution in [3.05, 3.63) is 35.9 Å². The van der Waals surface area contributed by atoms with Crippen LogP contribution in [0.5, 0.6) is 0 Å². The Morgan fingerprint density at radius 1 is 0.882 bits per heavy atom. The van der Waals surface area contributed by atoms with E-state index < -0.39 is 23.1 Å². The van der Waals surface area contributed by atoms with Crippen LogP contribution in [0.15, 0.2) is 30.3 Å². The first-order valence-corrected chi connectivity index (χ1v) is 5.39. The summed E-state index contributed by atoms with van der Waals surface area (Å²) in [5, 5.41) is 0. The molecule has 90 valence electrons. The van der Waals surface area contributed by atoms with Crippen LogP contribution in [0.3, 0.4) is 0 Å². The minimum atomic E-state index is -1.38. The zero-order valence-electron chi connectivity index (χ0n) is 10.0. The summed E-state index contributed by atoms with van der Waals surface area (Å²) in [5.74, 6) is -2.35. The molecule has 17 heavy (non-hydrogen) atoms. The van der Waals surface area contributed by atoms with Gasteiger partial charge in [0.2, 0.25) is 0 Å². The molecule has 0 radical (unpaired) electrons. The summed E-state index contributed by atoms with van der Waals surface area (Å²) in [7, 11) is 0. The predicted molar refractivity (Wildman–Crippen MR) is 60.1 cm³/mol. The van der Waals surface area contributed by atoms with Crippen LogP contribution in [0.25, 0.3) is 0 Å². The van der Waals surface area contributed by atoms with Crippen molar-refractivity contribution in [2.75, 3.05) is 0 Å². The van der Waals surface area contributed by atoms with E-state index in [-0.39, 0.29) is 0 Å². The van der Waals surface area contributed by atoms with Crippen LogP contribution < -0.4 is 0 Å². The van der Waals surface area contributed by atoms with Gasteiger partial charge in [0, 0.05) is 13.8 Å². The van der Waals surface area contributed by atoms with E-state index in [1.165, 1.54) is 20.8 Å². The van der Waals surface area contributed by atoms with Gasteiger partial charge in [-0.1, -0.05) is 30.3 Å². The van der Waals surface area contributed by atoms with Crippen LogP contribution >= 0.6 is 0 Å². The van der Waals surface area contributed by atoms with Crippen molar-refractivity contribution in [2.45, 2.75) is 32.0 Å². The fraction of sp³-hybridized carbons (Fsp3) is 0.385. The van der Waals surface area contributed by atoms with Crippen molar-refractivity contribution in [1.82, 2.24) is 0 Å². The summed E-state index contributed by atoms with van der Waals surface area (Å²) in [6.45, 7) is 4.59. The number of carbonyl (C=O) groups is 2. The molecule has 4 nitrogen and oxygen atoms in total. The molecule has 1 saturated heterocycles. The Bertz CT molecular complexity index is 442. The van der Waals surface area contributed by atoms with E-state index in [4.69, 9.17) is 9.47 Å². The van der Waals surface area contributed by atoms with Crippen LogP contribution in [0, 0.1) is 0 Å². The first-order chi connectivity index (χ1) is 7.86. The minimum Gasteiger partial charge on any atom is -0.422 e. The molecule has 1 aliphatic heterocycles. The van der Waals surface area contributed by atoms with E-state index in [2.05, 4.69) is 0 Å². The van der Waals surface area contributed by atoms with Gasteiger partial charge in [0.25, 0.3) is 5.79 Å². The molecule has 2 rings (SSSR count). The molecular formula is C13H14O4. The number of cyclic esters (lactones) is 2. The van der Waals surface area contributed by atoms with Gasteiger partial charge in [0.05, 0.1) is 0 Å². The van der Waals surface area contributed by atoms with Gasteiger partial charge in [0.1, 0.15) is 0 Å². The Morgan fingerprint density at radius 3 is 1.82 bits per heavy atom. The molecule has 1 aromatic carbocycles. The van der Waals surface area contributed by atoms with Crippen molar-refractivity contribution >= 4 is 11.9 Å². The number of ether oxygens (including phenoxy) is 2. The zero-order valence-corrected chi connectivity index (χ0v) is 10.0. The standard InChI is InChI=1S/C13H14O4/c1-12(2)16-10(14)13(3,11(15)17-12)9-7-5-4-6-8-9/h4-8H,1-3H3. The molecule has 0 saturated carbocycles. The average Bonchev–Trinajstić information content (AvgIpc) is 2.26. The second kappa shape index (κ2) is 3.58. The third-order valence-electron chi connectivity index (χ3n) is 2.84. The molecule has 1 heterocycles. The summed E-state index contributed by atoms with van der Waals surface area (Å²) in [6, 6.07) is 8.76. The minimum absolute atomic E-state index is 0.575. The van der Waals surface area contributed by atoms with Crippen molar-refractivity contribution < 1.29 is 19.1 Å². The second-order valence-corrected chi connectivity index (χ2v) is 4.67.